The lowest BCUT2D eigenvalue weighted by Crippen LogP contribution is -2.22. The van der Waals surface area contributed by atoms with E-state index in [0.717, 1.165) is 0 Å². The molecule has 0 spiro atoms. The zero-order valence-electron chi connectivity index (χ0n) is 14.1. The van der Waals surface area contributed by atoms with Crippen LogP contribution >= 0.6 is 0 Å². The zero-order valence-corrected chi connectivity index (χ0v) is 14.1. The van der Waals surface area contributed by atoms with Crippen LogP contribution < -0.4 is 25.9 Å². The number of carbonyl (C=O) groups is 2. The summed E-state index contributed by atoms with van der Waals surface area (Å²) in [6, 6.07) is 11.8. The first kappa shape index (κ1) is 17.3. The van der Waals surface area contributed by atoms with E-state index in [1.165, 1.54) is 0 Å². The lowest BCUT2D eigenvalue weighted by Gasteiger charge is -2.07. The van der Waals surface area contributed by atoms with E-state index in [1.54, 1.807) is 49.4 Å². The van der Waals surface area contributed by atoms with Gasteiger partial charge in [-0.15, -0.1) is 0 Å². The average Bonchev–Trinajstić information content (AvgIpc) is 3.07. The van der Waals surface area contributed by atoms with Gasteiger partial charge in [0.05, 0.1) is 12.0 Å². The number of para-hydroxylation sites is 1. The van der Waals surface area contributed by atoms with Gasteiger partial charge >= 0.3 is 0 Å². The molecule has 2 amide bonds. The van der Waals surface area contributed by atoms with Gasteiger partial charge in [-0.25, -0.2) is 5.43 Å². The maximum atomic E-state index is 12.1. The highest BCUT2D eigenvalue weighted by Crippen LogP contribution is 2.34. The van der Waals surface area contributed by atoms with Gasteiger partial charge in [0.15, 0.2) is 11.5 Å². The third-order valence-electron chi connectivity index (χ3n) is 3.63. The summed E-state index contributed by atoms with van der Waals surface area (Å²) in [6.45, 7) is 1.82. The van der Waals surface area contributed by atoms with Crippen molar-refractivity contribution in [3.8, 4) is 11.5 Å². The van der Waals surface area contributed by atoms with E-state index in [-0.39, 0.29) is 19.1 Å². The van der Waals surface area contributed by atoms with Gasteiger partial charge in [0.25, 0.3) is 5.91 Å². The molecule has 0 aromatic heterocycles. The Morgan fingerprint density at radius 3 is 2.73 bits per heavy atom. The van der Waals surface area contributed by atoms with E-state index in [9.17, 15) is 9.59 Å². The third kappa shape index (κ3) is 4.10. The van der Waals surface area contributed by atoms with Crippen molar-refractivity contribution in [1.29, 1.82) is 0 Å². The van der Waals surface area contributed by atoms with Gasteiger partial charge in [0.1, 0.15) is 0 Å². The van der Waals surface area contributed by atoms with E-state index < -0.39 is 5.91 Å². The number of nitrogen functional groups attached to an aromatic ring is 1. The first-order valence-electron chi connectivity index (χ1n) is 7.90. The number of nitrogens with two attached hydrogens (primary N) is 1. The molecule has 26 heavy (non-hydrogen) atoms. The number of fused-ring (bicyclic) bond motifs is 1. The highest BCUT2D eigenvalue weighted by Gasteiger charge is 2.14. The largest absolute Gasteiger partial charge is 0.454 e. The minimum atomic E-state index is -0.432. The number of benzene rings is 2. The van der Waals surface area contributed by atoms with Gasteiger partial charge in [0.2, 0.25) is 12.7 Å². The maximum Gasteiger partial charge on any atom is 0.273 e. The van der Waals surface area contributed by atoms with Crippen LogP contribution in [0.15, 0.2) is 47.6 Å². The summed E-state index contributed by atoms with van der Waals surface area (Å²) >= 11 is 0. The van der Waals surface area contributed by atoms with Crippen LogP contribution in [0.4, 0.5) is 11.4 Å². The number of anilines is 2. The van der Waals surface area contributed by atoms with E-state index in [4.69, 9.17) is 15.2 Å². The third-order valence-corrected chi connectivity index (χ3v) is 3.63. The number of carbonyl (C=O) groups excluding carboxylic acids is 2. The molecule has 8 heteroatoms. The van der Waals surface area contributed by atoms with E-state index >= 15 is 0 Å². The van der Waals surface area contributed by atoms with Gasteiger partial charge in [-0.2, -0.15) is 5.10 Å². The molecule has 0 saturated heterocycles. The highest BCUT2D eigenvalue weighted by atomic mass is 16.7. The molecule has 0 radical (unpaired) electrons. The minimum absolute atomic E-state index is 0.0268. The zero-order chi connectivity index (χ0) is 18.5. The van der Waals surface area contributed by atoms with E-state index in [0.29, 0.717) is 34.1 Å². The standard InChI is InChI=1S/C18H18N4O4/c1-11(21-22-18(24)13-4-2-3-5-14(13)19)8-17(23)20-12-6-7-15-16(9-12)26-10-25-15/h2-7,9H,8,10,19H2,1H3,(H,20,23)(H,22,24)/b21-11+. The van der Waals surface area contributed by atoms with Gasteiger partial charge < -0.3 is 20.5 Å². The van der Waals surface area contributed by atoms with Crippen LogP contribution in [0, 0.1) is 0 Å². The molecule has 3 rings (SSSR count). The van der Waals surface area contributed by atoms with Gasteiger partial charge in [-0.05, 0) is 31.2 Å². The van der Waals surface area contributed by atoms with Crippen molar-refractivity contribution >= 4 is 28.9 Å². The lowest BCUT2D eigenvalue weighted by molar-refractivity contribution is -0.115. The molecule has 2 aromatic carbocycles. The second-order valence-corrected chi connectivity index (χ2v) is 5.67. The first-order valence-corrected chi connectivity index (χ1v) is 7.90. The molecule has 0 fully saturated rings. The molecule has 1 aliphatic rings. The Labute approximate surface area is 150 Å². The molecule has 1 aliphatic heterocycles. The Morgan fingerprint density at radius 1 is 1.15 bits per heavy atom. The van der Waals surface area contributed by atoms with Crippen molar-refractivity contribution in [2.75, 3.05) is 17.8 Å². The number of hydrogen-bond donors (Lipinski definition) is 3. The fraction of sp³-hybridized carbons (Fsp3) is 0.167. The van der Waals surface area contributed by atoms with Crippen LogP contribution in [0.5, 0.6) is 11.5 Å². The molecule has 8 nitrogen and oxygen atoms in total. The molecule has 1 heterocycles. The summed E-state index contributed by atoms with van der Waals surface area (Å²) in [5, 5.41) is 6.68. The summed E-state index contributed by atoms with van der Waals surface area (Å²) < 4.78 is 10.5. The Balaban J connectivity index is 1.54. The summed E-state index contributed by atoms with van der Waals surface area (Å²) in [6.07, 6.45) is 0.0268. The van der Waals surface area contributed by atoms with Crippen LogP contribution in [0.25, 0.3) is 0 Å². The van der Waals surface area contributed by atoms with Crippen molar-refractivity contribution in [1.82, 2.24) is 5.43 Å². The molecular formula is C18H18N4O4. The van der Waals surface area contributed by atoms with Crippen LogP contribution in [0.1, 0.15) is 23.7 Å². The van der Waals surface area contributed by atoms with Crippen molar-refractivity contribution in [2.45, 2.75) is 13.3 Å². The van der Waals surface area contributed by atoms with Crippen LogP contribution in [0.2, 0.25) is 0 Å². The predicted octanol–water partition coefficient (Wildman–Crippen LogP) is 2.13. The van der Waals surface area contributed by atoms with Gasteiger partial charge in [-0.1, -0.05) is 12.1 Å². The topological polar surface area (TPSA) is 115 Å². The lowest BCUT2D eigenvalue weighted by atomic mass is 10.2. The van der Waals surface area contributed by atoms with Crippen LogP contribution in [-0.4, -0.2) is 24.3 Å². The van der Waals surface area contributed by atoms with E-state index in [2.05, 4.69) is 15.8 Å². The molecule has 0 atom stereocenters. The Hall–Kier alpha value is -3.55. The fourth-order valence-corrected chi connectivity index (χ4v) is 2.36. The average molecular weight is 354 g/mol. The van der Waals surface area contributed by atoms with Crippen LogP contribution in [-0.2, 0) is 4.79 Å². The number of rotatable bonds is 5. The predicted molar refractivity (Wildman–Crippen MR) is 97.2 cm³/mol. The van der Waals surface area contributed by atoms with Crippen molar-refractivity contribution in [2.24, 2.45) is 5.10 Å². The Kier molecular flexibility index (Phi) is 5.02. The second-order valence-electron chi connectivity index (χ2n) is 5.67. The molecule has 0 aliphatic carbocycles. The summed E-state index contributed by atoms with van der Waals surface area (Å²) in [4.78, 5) is 24.1. The number of hydrogen-bond acceptors (Lipinski definition) is 6. The molecule has 2 aromatic rings. The van der Waals surface area contributed by atoms with Crippen molar-refractivity contribution in [3.63, 3.8) is 0 Å². The molecule has 134 valence electrons. The van der Waals surface area contributed by atoms with E-state index in [1.807, 2.05) is 0 Å². The monoisotopic (exact) mass is 354 g/mol. The first-order chi connectivity index (χ1) is 12.5. The minimum Gasteiger partial charge on any atom is -0.454 e. The quantitative estimate of drug-likeness (QED) is 0.432. The molecule has 4 N–H and O–H groups in total. The smallest absolute Gasteiger partial charge is 0.273 e. The summed E-state index contributed by atoms with van der Waals surface area (Å²) in [7, 11) is 0. The maximum absolute atomic E-state index is 12.1. The molecule has 0 bridgehead atoms. The molecule has 0 saturated carbocycles. The van der Waals surface area contributed by atoms with Crippen molar-refractivity contribution < 1.29 is 19.1 Å². The number of nitrogens with zero attached hydrogens (tertiary/aromatic N) is 1. The summed E-state index contributed by atoms with van der Waals surface area (Å²) in [5.74, 6) is 0.529. The van der Waals surface area contributed by atoms with Gasteiger partial charge in [0, 0.05) is 23.2 Å². The number of hydrazone groups is 1. The second kappa shape index (κ2) is 7.56. The highest BCUT2D eigenvalue weighted by molar-refractivity contribution is 6.06. The summed E-state index contributed by atoms with van der Waals surface area (Å²) in [5.41, 5.74) is 9.86. The number of ether oxygens (including phenoxy) is 2. The SMILES string of the molecule is C/C(CC(=O)Nc1ccc2c(c1)OCO2)=N\NC(=O)c1ccccc1N. The number of amides is 2. The Bertz CT molecular complexity index is 879. The van der Waals surface area contributed by atoms with Crippen LogP contribution in [0.3, 0.4) is 0 Å². The van der Waals surface area contributed by atoms with Gasteiger partial charge in [-0.3, -0.25) is 9.59 Å². The normalized spacial score (nSPS) is 12.6. The fourth-order valence-electron chi connectivity index (χ4n) is 2.36. The molecular weight excluding hydrogens is 336 g/mol. The Morgan fingerprint density at radius 2 is 1.92 bits per heavy atom. The number of nitrogens with one attached hydrogen (secondary N) is 2. The molecule has 0 unspecified atom stereocenters. The van der Waals surface area contributed by atoms with Crippen molar-refractivity contribution in [3.05, 3.63) is 48.0 Å².